The van der Waals surface area contributed by atoms with E-state index in [1.54, 1.807) is 18.0 Å². The Morgan fingerprint density at radius 3 is 2.79 bits per heavy atom. The number of benzene rings is 1. The highest BCUT2D eigenvalue weighted by atomic mass is 79.9. The van der Waals surface area contributed by atoms with Gasteiger partial charge in [0.05, 0.1) is 40.4 Å². The van der Waals surface area contributed by atoms with E-state index >= 15 is 0 Å². The summed E-state index contributed by atoms with van der Waals surface area (Å²) in [7, 11) is 1.62. The van der Waals surface area contributed by atoms with Crippen LogP contribution >= 0.6 is 15.9 Å². The van der Waals surface area contributed by atoms with Crippen molar-refractivity contribution in [2.45, 2.75) is 20.4 Å². The fourth-order valence-corrected chi connectivity index (χ4v) is 2.75. The second-order valence-corrected chi connectivity index (χ2v) is 6.27. The van der Waals surface area contributed by atoms with E-state index in [2.05, 4.69) is 31.3 Å². The second-order valence-electron chi connectivity index (χ2n) is 5.47. The maximum atomic E-state index is 12.3. The standard InChI is InChI=1S/C17H17BrN4O2/c1-10-17(18)11(2)22(21-10)9-16(23)20-13-6-12-4-5-14(24-3)7-15(12)19-8-13/h4-8H,9H2,1-3H3,(H,20,23). The average molecular weight is 389 g/mol. The van der Waals surface area contributed by atoms with Gasteiger partial charge in [-0.05, 0) is 48.0 Å². The lowest BCUT2D eigenvalue weighted by Gasteiger charge is -2.08. The molecule has 0 radical (unpaired) electrons. The van der Waals surface area contributed by atoms with Crippen molar-refractivity contribution in [2.75, 3.05) is 12.4 Å². The zero-order chi connectivity index (χ0) is 17.3. The summed E-state index contributed by atoms with van der Waals surface area (Å²) in [5, 5.41) is 8.13. The number of pyridine rings is 1. The van der Waals surface area contributed by atoms with E-state index in [1.165, 1.54) is 0 Å². The molecule has 3 rings (SSSR count). The molecule has 6 nitrogen and oxygen atoms in total. The van der Waals surface area contributed by atoms with Gasteiger partial charge in [0.25, 0.3) is 0 Å². The molecule has 0 unspecified atom stereocenters. The van der Waals surface area contributed by atoms with Crippen molar-refractivity contribution in [1.82, 2.24) is 14.8 Å². The molecule has 0 spiro atoms. The smallest absolute Gasteiger partial charge is 0.246 e. The van der Waals surface area contributed by atoms with Gasteiger partial charge in [0.15, 0.2) is 0 Å². The third-order valence-corrected chi connectivity index (χ3v) is 4.91. The SMILES string of the molecule is COc1ccc2cc(NC(=O)Cn3nc(C)c(Br)c3C)cnc2c1. The van der Waals surface area contributed by atoms with Crippen LogP contribution in [0.25, 0.3) is 10.9 Å². The van der Waals surface area contributed by atoms with Gasteiger partial charge >= 0.3 is 0 Å². The van der Waals surface area contributed by atoms with Crippen LogP contribution in [0, 0.1) is 13.8 Å². The van der Waals surface area contributed by atoms with Crippen LogP contribution in [0.3, 0.4) is 0 Å². The molecule has 1 amide bonds. The van der Waals surface area contributed by atoms with Crippen LogP contribution < -0.4 is 10.1 Å². The zero-order valence-electron chi connectivity index (χ0n) is 13.6. The molecule has 124 valence electrons. The molecular formula is C17H17BrN4O2. The van der Waals surface area contributed by atoms with Crippen LogP contribution in [0.5, 0.6) is 5.75 Å². The molecule has 7 heteroatoms. The number of aryl methyl sites for hydroxylation is 1. The Morgan fingerprint density at radius 2 is 2.12 bits per heavy atom. The second kappa shape index (κ2) is 6.60. The van der Waals surface area contributed by atoms with Crippen molar-refractivity contribution in [2.24, 2.45) is 0 Å². The minimum atomic E-state index is -0.150. The molecule has 3 aromatic rings. The van der Waals surface area contributed by atoms with E-state index in [0.29, 0.717) is 5.69 Å². The highest BCUT2D eigenvalue weighted by Gasteiger charge is 2.12. The molecule has 0 atom stereocenters. The summed E-state index contributed by atoms with van der Waals surface area (Å²) in [4.78, 5) is 16.6. The van der Waals surface area contributed by atoms with E-state index in [9.17, 15) is 4.79 Å². The predicted octanol–water partition coefficient (Wildman–Crippen LogP) is 3.46. The molecule has 1 aromatic carbocycles. The zero-order valence-corrected chi connectivity index (χ0v) is 15.2. The maximum Gasteiger partial charge on any atom is 0.246 e. The first-order chi connectivity index (χ1) is 11.5. The largest absolute Gasteiger partial charge is 0.497 e. The minimum Gasteiger partial charge on any atom is -0.497 e. The van der Waals surface area contributed by atoms with Gasteiger partial charge in [-0.3, -0.25) is 14.5 Å². The fraction of sp³-hybridized carbons (Fsp3) is 0.235. The molecule has 0 aliphatic carbocycles. The molecule has 24 heavy (non-hydrogen) atoms. The Bertz CT molecular complexity index is 920. The molecule has 0 aliphatic heterocycles. The molecule has 2 aromatic heterocycles. The normalized spacial score (nSPS) is 10.8. The number of halogens is 1. The summed E-state index contributed by atoms with van der Waals surface area (Å²) in [5.41, 5.74) is 3.25. The predicted molar refractivity (Wildman–Crippen MR) is 96.3 cm³/mol. The molecule has 0 aliphatic rings. The van der Waals surface area contributed by atoms with E-state index in [-0.39, 0.29) is 12.5 Å². The monoisotopic (exact) mass is 388 g/mol. The number of carbonyl (C=O) groups excluding carboxylic acids is 1. The summed E-state index contributed by atoms with van der Waals surface area (Å²) in [6.45, 7) is 3.97. The van der Waals surface area contributed by atoms with Crippen LogP contribution in [0.2, 0.25) is 0 Å². The van der Waals surface area contributed by atoms with Gasteiger partial charge in [-0.2, -0.15) is 5.10 Å². The number of nitrogens with zero attached hydrogens (tertiary/aromatic N) is 3. The van der Waals surface area contributed by atoms with Gasteiger partial charge in [0.1, 0.15) is 12.3 Å². The molecule has 0 saturated heterocycles. The first kappa shape index (κ1) is 16.4. The number of aromatic nitrogens is 3. The lowest BCUT2D eigenvalue weighted by molar-refractivity contribution is -0.116. The van der Waals surface area contributed by atoms with E-state index < -0.39 is 0 Å². The Kier molecular flexibility index (Phi) is 4.53. The number of anilines is 1. The maximum absolute atomic E-state index is 12.3. The summed E-state index contributed by atoms with van der Waals surface area (Å²) in [6, 6.07) is 7.52. The number of hydrogen-bond acceptors (Lipinski definition) is 4. The van der Waals surface area contributed by atoms with Crippen LogP contribution in [0.15, 0.2) is 34.9 Å². The Hall–Kier alpha value is -2.41. The van der Waals surface area contributed by atoms with Crippen molar-refractivity contribution >= 4 is 38.4 Å². The first-order valence-corrected chi connectivity index (χ1v) is 8.20. The van der Waals surface area contributed by atoms with Crippen LogP contribution in [0.1, 0.15) is 11.4 Å². The molecule has 0 fully saturated rings. The molecular weight excluding hydrogens is 372 g/mol. The molecule has 0 saturated carbocycles. The number of rotatable bonds is 4. The Morgan fingerprint density at radius 1 is 1.33 bits per heavy atom. The molecule has 0 bridgehead atoms. The van der Waals surface area contributed by atoms with E-state index in [1.807, 2.05) is 38.1 Å². The number of amides is 1. The summed E-state index contributed by atoms with van der Waals surface area (Å²) in [5.74, 6) is 0.602. The topological polar surface area (TPSA) is 69.0 Å². The van der Waals surface area contributed by atoms with Gasteiger partial charge in [0, 0.05) is 11.5 Å². The Balaban J connectivity index is 1.76. The molecule has 1 N–H and O–H groups in total. The van der Waals surface area contributed by atoms with Crippen molar-refractivity contribution in [3.05, 3.63) is 46.3 Å². The number of carbonyl (C=O) groups is 1. The van der Waals surface area contributed by atoms with Gasteiger partial charge in [-0.1, -0.05) is 0 Å². The Labute approximate surface area is 148 Å². The van der Waals surface area contributed by atoms with E-state index in [4.69, 9.17) is 4.74 Å². The van der Waals surface area contributed by atoms with Gasteiger partial charge in [-0.15, -0.1) is 0 Å². The number of hydrogen-bond donors (Lipinski definition) is 1. The third-order valence-electron chi connectivity index (χ3n) is 3.76. The van der Waals surface area contributed by atoms with Crippen molar-refractivity contribution in [3.63, 3.8) is 0 Å². The highest BCUT2D eigenvalue weighted by Crippen LogP contribution is 2.22. The van der Waals surface area contributed by atoms with Gasteiger partial charge in [-0.25, -0.2) is 0 Å². The lowest BCUT2D eigenvalue weighted by atomic mass is 10.2. The number of fused-ring (bicyclic) bond motifs is 1. The third kappa shape index (κ3) is 3.26. The van der Waals surface area contributed by atoms with Crippen molar-refractivity contribution in [1.29, 1.82) is 0 Å². The van der Waals surface area contributed by atoms with Crippen LogP contribution in [-0.2, 0) is 11.3 Å². The van der Waals surface area contributed by atoms with Crippen molar-refractivity contribution in [3.8, 4) is 5.75 Å². The van der Waals surface area contributed by atoms with E-state index in [0.717, 1.165) is 32.5 Å². The van der Waals surface area contributed by atoms with Crippen molar-refractivity contribution < 1.29 is 9.53 Å². The summed E-state index contributed by atoms with van der Waals surface area (Å²) >= 11 is 3.46. The highest BCUT2D eigenvalue weighted by molar-refractivity contribution is 9.10. The number of nitrogens with one attached hydrogen (secondary N) is 1. The first-order valence-electron chi connectivity index (χ1n) is 7.41. The minimum absolute atomic E-state index is 0.150. The van der Waals surface area contributed by atoms with Gasteiger partial charge in [0.2, 0.25) is 5.91 Å². The summed E-state index contributed by atoms with van der Waals surface area (Å²) < 4.78 is 7.79. The number of methoxy groups -OCH3 is 1. The summed E-state index contributed by atoms with van der Waals surface area (Å²) in [6.07, 6.45) is 1.64. The van der Waals surface area contributed by atoms with Gasteiger partial charge < -0.3 is 10.1 Å². The fourth-order valence-electron chi connectivity index (χ4n) is 2.46. The number of ether oxygens (including phenoxy) is 1. The molecule has 2 heterocycles. The van der Waals surface area contributed by atoms with Crippen LogP contribution in [-0.4, -0.2) is 27.8 Å². The average Bonchev–Trinajstić information content (AvgIpc) is 2.81. The quantitative estimate of drug-likeness (QED) is 0.742. The van der Waals surface area contributed by atoms with Crippen LogP contribution in [0.4, 0.5) is 5.69 Å². The lowest BCUT2D eigenvalue weighted by Crippen LogP contribution is -2.20.